The number of ether oxygens (including phenoxy) is 4. The molecule has 4 aromatic carbocycles. The second kappa shape index (κ2) is 15.0. The molecule has 0 spiro atoms. The average molecular weight is 622 g/mol. The van der Waals surface area contributed by atoms with Crippen molar-refractivity contribution in [2.75, 3.05) is 27.4 Å². The van der Waals surface area contributed by atoms with E-state index in [4.69, 9.17) is 29.0 Å². The summed E-state index contributed by atoms with van der Waals surface area (Å²) in [5, 5.41) is 16.0. The predicted molar refractivity (Wildman–Crippen MR) is 174 cm³/mol. The molecule has 0 unspecified atom stereocenters. The lowest BCUT2D eigenvalue weighted by Crippen LogP contribution is -2.49. The number of amides is 1. The van der Waals surface area contributed by atoms with Crippen molar-refractivity contribution in [2.24, 2.45) is 10.1 Å². The third kappa shape index (κ3) is 7.07. The van der Waals surface area contributed by atoms with E-state index in [0.29, 0.717) is 53.0 Å². The van der Waals surface area contributed by atoms with Gasteiger partial charge in [0.1, 0.15) is 5.75 Å². The van der Waals surface area contributed by atoms with Crippen LogP contribution in [-0.4, -0.2) is 49.9 Å². The van der Waals surface area contributed by atoms with Crippen molar-refractivity contribution in [2.45, 2.75) is 31.0 Å². The van der Waals surface area contributed by atoms with Crippen LogP contribution in [0.5, 0.6) is 17.2 Å². The van der Waals surface area contributed by atoms with Gasteiger partial charge in [0.15, 0.2) is 23.1 Å². The Morgan fingerprint density at radius 1 is 1.00 bits per heavy atom. The lowest BCUT2D eigenvalue weighted by atomic mass is 9.81. The topological polar surface area (TPSA) is 147 Å². The van der Waals surface area contributed by atoms with E-state index < -0.39 is 11.6 Å². The van der Waals surface area contributed by atoms with Gasteiger partial charge in [-0.05, 0) is 58.6 Å². The lowest BCUT2D eigenvalue weighted by molar-refractivity contribution is -0.129. The van der Waals surface area contributed by atoms with E-state index in [1.54, 1.807) is 50.6 Å². The first-order valence-corrected chi connectivity index (χ1v) is 14.8. The van der Waals surface area contributed by atoms with E-state index in [-0.39, 0.29) is 25.5 Å². The number of hydrogen-bond donors (Lipinski definition) is 2. The summed E-state index contributed by atoms with van der Waals surface area (Å²) in [5.41, 5.74) is 11.0. The van der Waals surface area contributed by atoms with Crippen molar-refractivity contribution in [3.63, 3.8) is 0 Å². The molecule has 0 radical (unpaired) electrons. The molecule has 0 bridgehead atoms. The van der Waals surface area contributed by atoms with Crippen LogP contribution in [0.3, 0.4) is 0 Å². The third-order valence-corrected chi connectivity index (χ3v) is 7.64. The summed E-state index contributed by atoms with van der Waals surface area (Å²) in [7, 11) is 3.12. The second-order valence-corrected chi connectivity index (χ2v) is 10.6. The van der Waals surface area contributed by atoms with Crippen LogP contribution >= 0.6 is 0 Å². The van der Waals surface area contributed by atoms with Crippen LogP contribution in [0, 0.1) is 0 Å². The molecule has 0 saturated heterocycles. The van der Waals surface area contributed by atoms with Gasteiger partial charge in [0.25, 0.3) is 5.91 Å². The number of aliphatic hydroxyl groups is 1. The second-order valence-electron chi connectivity index (χ2n) is 10.6. The normalized spacial score (nSPS) is 16.8. The minimum absolute atomic E-state index is 0.0442. The van der Waals surface area contributed by atoms with Crippen LogP contribution < -0.4 is 19.5 Å². The molecule has 1 aliphatic heterocycles. The largest absolute Gasteiger partial charge is 0.494 e. The average Bonchev–Trinajstić information content (AvgIpc) is 3.49. The Morgan fingerprint density at radius 3 is 2.46 bits per heavy atom. The maximum Gasteiger partial charge on any atom is 0.252 e. The summed E-state index contributed by atoms with van der Waals surface area (Å²) in [6.45, 7) is 0.616. The Hall–Kier alpha value is -5.51. The molecule has 11 nitrogen and oxygen atoms in total. The van der Waals surface area contributed by atoms with E-state index >= 15 is 0 Å². The van der Waals surface area contributed by atoms with Crippen LogP contribution in [0.4, 0.5) is 5.69 Å². The molecular formula is C35H35N5O6. The summed E-state index contributed by atoms with van der Waals surface area (Å²) in [6, 6.07) is 29.3. The summed E-state index contributed by atoms with van der Waals surface area (Å²) >= 11 is 0. The number of carbonyl (C=O) groups is 1. The molecule has 1 amide bonds. The molecular weight excluding hydrogens is 586 g/mol. The van der Waals surface area contributed by atoms with Crippen LogP contribution in [0.15, 0.2) is 107 Å². The summed E-state index contributed by atoms with van der Waals surface area (Å²) in [6.07, 6.45) is -0.200. The van der Waals surface area contributed by atoms with Crippen molar-refractivity contribution >= 4 is 17.5 Å². The van der Waals surface area contributed by atoms with E-state index in [0.717, 1.165) is 11.1 Å². The van der Waals surface area contributed by atoms with Gasteiger partial charge >= 0.3 is 0 Å². The van der Waals surface area contributed by atoms with Crippen molar-refractivity contribution < 1.29 is 28.8 Å². The number of azide groups is 1. The van der Waals surface area contributed by atoms with E-state index in [9.17, 15) is 10.3 Å². The van der Waals surface area contributed by atoms with Gasteiger partial charge in [0.2, 0.25) is 5.90 Å². The van der Waals surface area contributed by atoms with Crippen LogP contribution in [0.2, 0.25) is 0 Å². The summed E-state index contributed by atoms with van der Waals surface area (Å²) in [5.74, 6) is 1.68. The number of rotatable bonds is 14. The number of nitrogens with zero attached hydrogens (tertiary/aromatic N) is 4. The molecule has 46 heavy (non-hydrogen) atoms. The highest BCUT2D eigenvalue weighted by Gasteiger charge is 2.53. The fraction of sp³-hybridized carbons (Fsp3) is 0.257. The lowest BCUT2D eigenvalue weighted by Gasteiger charge is -2.31. The Balaban J connectivity index is 1.57. The molecule has 0 saturated carbocycles. The molecule has 1 aliphatic rings. The van der Waals surface area contributed by atoms with Crippen molar-refractivity contribution in [3.05, 3.63) is 130 Å². The molecule has 0 aromatic heterocycles. The van der Waals surface area contributed by atoms with E-state index in [1.807, 2.05) is 60.7 Å². The monoisotopic (exact) mass is 621 g/mol. The van der Waals surface area contributed by atoms with Crippen LogP contribution in [0.1, 0.15) is 34.8 Å². The first kappa shape index (κ1) is 31.9. The van der Waals surface area contributed by atoms with Crippen LogP contribution in [0.25, 0.3) is 10.4 Å². The number of aliphatic imine (C=N–C) groups is 1. The van der Waals surface area contributed by atoms with Gasteiger partial charge < -0.3 is 29.4 Å². The quantitative estimate of drug-likeness (QED) is 0.0739. The molecule has 236 valence electrons. The first-order chi connectivity index (χ1) is 22.5. The third-order valence-electron chi connectivity index (χ3n) is 7.64. The van der Waals surface area contributed by atoms with Crippen LogP contribution in [-0.2, 0) is 22.5 Å². The molecule has 5 rings (SSSR count). The number of methoxy groups -OCH3 is 2. The Kier molecular flexibility index (Phi) is 10.4. The highest BCUT2D eigenvalue weighted by Crippen LogP contribution is 2.44. The van der Waals surface area contributed by atoms with Crippen molar-refractivity contribution in [3.8, 4) is 17.2 Å². The van der Waals surface area contributed by atoms with Gasteiger partial charge in [-0.25, -0.2) is 4.99 Å². The summed E-state index contributed by atoms with van der Waals surface area (Å²) in [4.78, 5) is 22.6. The van der Waals surface area contributed by atoms with Crippen molar-refractivity contribution in [1.29, 1.82) is 0 Å². The zero-order valence-corrected chi connectivity index (χ0v) is 25.6. The Labute approximate surface area is 267 Å². The Bertz CT molecular complexity index is 1720. The number of hydrogen-bond acceptors (Lipinski definition) is 8. The number of aliphatic hydroxyl groups excluding tert-OH is 1. The predicted octanol–water partition coefficient (Wildman–Crippen LogP) is 6.22. The molecule has 11 heteroatoms. The highest BCUT2D eigenvalue weighted by molar-refractivity contribution is 6.01. The SMILES string of the molecule is COc1ccc(CNC(=O)[C@]2(Cc3ccccc3N=[N+]=[N-])N=C(c3ccc(OCCCO)cc3)O[C@@H]2c2ccccc2)cc1OC. The van der Waals surface area contributed by atoms with Crippen molar-refractivity contribution in [1.82, 2.24) is 5.32 Å². The minimum Gasteiger partial charge on any atom is -0.494 e. The van der Waals surface area contributed by atoms with Gasteiger partial charge in [-0.3, -0.25) is 4.79 Å². The van der Waals surface area contributed by atoms with Gasteiger partial charge in [-0.2, -0.15) is 0 Å². The zero-order chi connectivity index (χ0) is 32.4. The Morgan fingerprint density at radius 2 is 1.74 bits per heavy atom. The number of carbonyl (C=O) groups excluding carboxylic acids is 1. The molecule has 2 N–H and O–H groups in total. The molecule has 2 atom stereocenters. The van der Waals surface area contributed by atoms with Gasteiger partial charge in [-0.1, -0.05) is 65.8 Å². The molecule has 1 heterocycles. The summed E-state index contributed by atoms with van der Waals surface area (Å²) < 4.78 is 23.1. The maximum atomic E-state index is 14.6. The van der Waals surface area contributed by atoms with E-state index in [1.165, 1.54) is 0 Å². The zero-order valence-electron chi connectivity index (χ0n) is 25.6. The number of benzene rings is 4. The fourth-order valence-electron chi connectivity index (χ4n) is 5.33. The molecule has 0 fully saturated rings. The number of nitrogens with one attached hydrogen (secondary N) is 1. The van der Waals surface area contributed by atoms with Gasteiger partial charge in [0.05, 0.1) is 20.8 Å². The smallest absolute Gasteiger partial charge is 0.252 e. The van der Waals surface area contributed by atoms with Gasteiger partial charge in [0, 0.05) is 42.2 Å². The molecule has 0 aliphatic carbocycles. The fourth-order valence-corrected chi connectivity index (χ4v) is 5.33. The van der Waals surface area contributed by atoms with Gasteiger partial charge in [-0.15, -0.1) is 0 Å². The first-order valence-electron chi connectivity index (χ1n) is 14.8. The maximum absolute atomic E-state index is 14.6. The standard InChI is InChI=1S/C35H35N5O6/c1-43-30-18-13-24(21-31(30)44-2)23-37-34(42)35(22-27-11-6-7-12-29(27)39-40-36)32(25-9-4-3-5-10-25)46-33(38-35)26-14-16-28(17-15-26)45-20-8-19-41/h3-7,9-18,21,32,41H,8,19-20,22-23H2,1-2H3,(H,37,42)/t32-,35-/m1/s1. The molecule has 4 aromatic rings. The minimum atomic E-state index is -1.48. The van der Waals surface area contributed by atoms with E-state index in [2.05, 4.69) is 15.3 Å². The highest BCUT2D eigenvalue weighted by atomic mass is 16.5.